The summed E-state index contributed by atoms with van der Waals surface area (Å²) in [6.45, 7) is 8.48. The number of carbonyl (C=O) groups excluding carboxylic acids is 2. The average molecular weight is 501 g/mol. The molecule has 1 saturated heterocycles. The van der Waals surface area contributed by atoms with Crippen molar-refractivity contribution in [1.29, 1.82) is 0 Å². The molecule has 6 nitrogen and oxygen atoms in total. The van der Waals surface area contributed by atoms with Crippen LogP contribution in [0.1, 0.15) is 38.8 Å². The van der Waals surface area contributed by atoms with Gasteiger partial charge in [0.25, 0.3) is 0 Å². The molecule has 8 heteroatoms. The van der Waals surface area contributed by atoms with Gasteiger partial charge in [-0.1, -0.05) is 34.1 Å². The van der Waals surface area contributed by atoms with Crippen LogP contribution in [0.3, 0.4) is 0 Å². The summed E-state index contributed by atoms with van der Waals surface area (Å²) in [5, 5.41) is 0. The molecule has 0 aromatic heterocycles. The zero-order valence-corrected chi connectivity index (χ0v) is 20.3. The average Bonchev–Trinajstić information content (AvgIpc) is 2.95. The second-order valence-electron chi connectivity index (χ2n) is 9.22. The molecule has 3 heterocycles. The van der Waals surface area contributed by atoms with E-state index in [-0.39, 0.29) is 36.0 Å². The molecule has 3 aliphatic heterocycles. The fourth-order valence-electron chi connectivity index (χ4n) is 3.63. The fourth-order valence-corrected chi connectivity index (χ4v) is 3.97. The van der Waals surface area contributed by atoms with Gasteiger partial charge in [-0.15, -0.1) is 0 Å². The monoisotopic (exact) mass is 500 g/mol. The summed E-state index contributed by atoms with van der Waals surface area (Å²) >= 11 is 3.34. The topological polar surface area (TPSA) is 71.1 Å². The van der Waals surface area contributed by atoms with Crippen LogP contribution in [0.15, 0.2) is 40.9 Å². The largest absolute Gasteiger partial charge is 0.494 e. The Hall–Kier alpha value is -2.16. The van der Waals surface area contributed by atoms with Crippen LogP contribution in [-0.4, -0.2) is 43.1 Å². The lowest BCUT2D eigenvalue weighted by Gasteiger charge is -2.32. The third kappa shape index (κ3) is 4.77. The lowest BCUT2D eigenvalue weighted by atomic mass is 9.78. The molecule has 0 saturated carbocycles. The van der Waals surface area contributed by atoms with Gasteiger partial charge in [-0.3, -0.25) is 9.59 Å². The van der Waals surface area contributed by atoms with E-state index in [1.54, 1.807) is 0 Å². The van der Waals surface area contributed by atoms with E-state index in [1.807, 2.05) is 64.1 Å². The quantitative estimate of drug-likeness (QED) is 0.558. The van der Waals surface area contributed by atoms with Gasteiger partial charge in [0.2, 0.25) is 0 Å². The van der Waals surface area contributed by atoms with Crippen LogP contribution < -0.4 is 14.9 Å². The molecule has 168 valence electrons. The van der Waals surface area contributed by atoms with Crippen LogP contribution in [-0.2, 0) is 31.7 Å². The predicted molar refractivity (Wildman–Crippen MR) is 125 cm³/mol. The highest BCUT2D eigenvalue weighted by molar-refractivity contribution is 9.10. The normalized spacial score (nSPS) is 20.3. The van der Waals surface area contributed by atoms with Gasteiger partial charge in [-0.25, -0.2) is 0 Å². The van der Waals surface area contributed by atoms with Crippen LogP contribution in [0.5, 0.6) is 11.5 Å². The summed E-state index contributed by atoms with van der Waals surface area (Å²) in [6, 6.07) is 11.5. The van der Waals surface area contributed by atoms with Gasteiger partial charge >= 0.3 is 7.12 Å². The molecule has 0 aliphatic carbocycles. The van der Waals surface area contributed by atoms with Crippen LogP contribution in [0, 0.1) is 0 Å². The number of rotatable bonds is 1. The molecule has 0 unspecified atom stereocenters. The number of hydrogen-bond donors (Lipinski definition) is 0. The Morgan fingerprint density at radius 1 is 0.781 bits per heavy atom. The molecule has 2 aromatic carbocycles. The molecule has 1 fully saturated rings. The number of carbonyl (C=O) groups is 2. The van der Waals surface area contributed by atoms with Crippen molar-refractivity contribution in [3.63, 3.8) is 0 Å². The van der Waals surface area contributed by atoms with Crippen LogP contribution in [0.25, 0.3) is 0 Å². The molecule has 3 aliphatic rings. The van der Waals surface area contributed by atoms with E-state index in [0.29, 0.717) is 12.8 Å². The molecule has 0 bridgehead atoms. The Morgan fingerprint density at radius 2 is 1.28 bits per heavy atom. The minimum absolute atomic E-state index is 0.112. The number of Topliss-reactive ketones (excluding diaryl/α,β-unsaturated/α-hetero) is 2. The first kappa shape index (κ1) is 23.0. The zero-order chi connectivity index (χ0) is 23.1. The van der Waals surface area contributed by atoms with Gasteiger partial charge in [0.05, 0.1) is 11.2 Å². The number of hydrogen-bond acceptors (Lipinski definition) is 6. The summed E-state index contributed by atoms with van der Waals surface area (Å²) in [5.41, 5.74) is 2.13. The van der Waals surface area contributed by atoms with Gasteiger partial charge in [0.1, 0.15) is 24.7 Å². The van der Waals surface area contributed by atoms with Crippen LogP contribution >= 0.6 is 15.9 Å². The molecule has 0 spiro atoms. The maximum atomic E-state index is 11.4. The zero-order valence-electron chi connectivity index (χ0n) is 18.7. The number of ketones is 2. The van der Waals surface area contributed by atoms with E-state index >= 15 is 0 Å². The summed E-state index contributed by atoms with van der Waals surface area (Å²) < 4.78 is 23.7. The number of ether oxygens (including phenoxy) is 2. The first-order valence-corrected chi connectivity index (χ1v) is 11.4. The van der Waals surface area contributed by atoms with Crippen LogP contribution in [0.4, 0.5) is 0 Å². The number of fused-ring (bicyclic) bond motifs is 2. The molecule has 0 N–H and O–H groups in total. The van der Waals surface area contributed by atoms with Crippen molar-refractivity contribution in [2.24, 2.45) is 0 Å². The highest BCUT2D eigenvalue weighted by atomic mass is 79.9. The second-order valence-corrected chi connectivity index (χ2v) is 10.1. The summed E-state index contributed by atoms with van der Waals surface area (Å²) in [5.74, 6) is 1.84. The number of halogens is 1. The van der Waals surface area contributed by atoms with E-state index in [2.05, 4.69) is 15.9 Å². The second kappa shape index (κ2) is 8.65. The molecule has 0 radical (unpaired) electrons. The van der Waals surface area contributed by atoms with Gasteiger partial charge in [0, 0.05) is 28.4 Å². The fraction of sp³-hybridized carbons (Fsp3) is 0.417. The minimum Gasteiger partial charge on any atom is -0.486 e. The highest BCUT2D eigenvalue weighted by Crippen LogP contribution is 2.37. The lowest BCUT2D eigenvalue weighted by Crippen LogP contribution is -2.41. The summed E-state index contributed by atoms with van der Waals surface area (Å²) in [7, 11) is -0.397. The van der Waals surface area contributed by atoms with E-state index < -0.39 is 7.12 Å². The van der Waals surface area contributed by atoms with E-state index in [9.17, 15) is 9.59 Å². The van der Waals surface area contributed by atoms with Crippen molar-refractivity contribution in [2.75, 3.05) is 13.2 Å². The highest BCUT2D eigenvalue weighted by Gasteiger charge is 2.51. The smallest absolute Gasteiger partial charge is 0.486 e. The maximum absolute atomic E-state index is 11.4. The Kier molecular flexibility index (Phi) is 6.22. The van der Waals surface area contributed by atoms with Crippen molar-refractivity contribution in [2.45, 2.75) is 51.7 Å². The standard InChI is InChI=1S/C15H19BO4.C9H7BrO2/c1-14(2)15(3,4)20-16(19-14)11-6-5-10-7-12(17)9-18-13(10)8-11;10-7-2-1-6-3-8(11)5-12-9(6)4-7/h5-6,8H,7,9H2,1-4H3;1-2,4H,3,5H2. The summed E-state index contributed by atoms with van der Waals surface area (Å²) in [4.78, 5) is 22.3. The Labute approximate surface area is 196 Å². The van der Waals surface area contributed by atoms with Crippen molar-refractivity contribution in [3.05, 3.63) is 52.0 Å². The molecule has 0 amide bonds. The van der Waals surface area contributed by atoms with Crippen molar-refractivity contribution in [3.8, 4) is 11.5 Å². The van der Waals surface area contributed by atoms with Crippen LogP contribution in [0.2, 0.25) is 0 Å². The van der Waals surface area contributed by atoms with Crippen molar-refractivity contribution in [1.82, 2.24) is 0 Å². The third-order valence-corrected chi connectivity index (χ3v) is 6.69. The van der Waals surface area contributed by atoms with Gasteiger partial charge in [-0.2, -0.15) is 0 Å². The maximum Gasteiger partial charge on any atom is 0.494 e. The van der Waals surface area contributed by atoms with E-state index in [4.69, 9.17) is 18.8 Å². The third-order valence-electron chi connectivity index (χ3n) is 6.20. The molecular weight excluding hydrogens is 475 g/mol. The SMILES string of the molecule is CC1(C)OB(c2ccc3c(c2)OCC(=O)C3)OC1(C)C.O=C1COc2cc(Br)ccc2C1. The van der Waals surface area contributed by atoms with Gasteiger partial charge in [0.15, 0.2) is 11.6 Å². The van der Waals surface area contributed by atoms with Gasteiger partial charge < -0.3 is 18.8 Å². The first-order chi connectivity index (χ1) is 15.0. The molecular formula is C24H26BBrO6. The number of benzene rings is 2. The molecule has 0 atom stereocenters. The Bertz CT molecular complexity index is 1050. The molecule has 5 rings (SSSR count). The minimum atomic E-state index is -0.397. The Balaban J connectivity index is 0.000000174. The van der Waals surface area contributed by atoms with E-state index in [1.165, 1.54) is 0 Å². The first-order valence-electron chi connectivity index (χ1n) is 10.6. The van der Waals surface area contributed by atoms with Crippen molar-refractivity contribution < 1.29 is 28.4 Å². The molecule has 32 heavy (non-hydrogen) atoms. The van der Waals surface area contributed by atoms with E-state index in [0.717, 1.165) is 32.6 Å². The Morgan fingerprint density at radius 3 is 1.84 bits per heavy atom. The molecule has 2 aromatic rings. The summed E-state index contributed by atoms with van der Waals surface area (Å²) in [6.07, 6.45) is 0.946. The lowest BCUT2D eigenvalue weighted by molar-refractivity contribution is -0.122. The van der Waals surface area contributed by atoms with Gasteiger partial charge in [-0.05, 0) is 51.4 Å². The predicted octanol–water partition coefficient (Wildman–Crippen LogP) is 3.44. The van der Waals surface area contributed by atoms with Crippen molar-refractivity contribution >= 4 is 40.1 Å².